The van der Waals surface area contributed by atoms with Crippen LogP contribution < -0.4 is 10.6 Å². The van der Waals surface area contributed by atoms with Gasteiger partial charge in [0.25, 0.3) is 0 Å². The molecule has 5 heteroatoms. The van der Waals surface area contributed by atoms with E-state index in [0.717, 1.165) is 19.3 Å². The Balaban J connectivity index is 1.91. The molecule has 1 aliphatic carbocycles. The van der Waals surface area contributed by atoms with Crippen molar-refractivity contribution in [3.8, 4) is 0 Å². The van der Waals surface area contributed by atoms with Crippen molar-refractivity contribution in [1.29, 1.82) is 0 Å². The predicted octanol–water partition coefficient (Wildman–Crippen LogP) is 2.25. The van der Waals surface area contributed by atoms with E-state index in [9.17, 15) is 9.59 Å². The summed E-state index contributed by atoms with van der Waals surface area (Å²) in [5.41, 5.74) is 2.73. The van der Waals surface area contributed by atoms with Gasteiger partial charge < -0.3 is 5.32 Å². The molecule has 2 rings (SSSR count). The van der Waals surface area contributed by atoms with E-state index in [1.54, 1.807) is 11.8 Å². The predicted molar refractivity (Wildman–Crippen MR) is 77.2 cm³/mol. The van der Waals surface area contributed by atoms with Crippen LogP contribution in [0.25, 0.3) is 0 Å². The van der Waals surface area contributed by atoms with E-state index in [-0.39, 0.29) is 5.91 Å². The summed E-state index contributed by atoms with van der Waals surface area (Å²) in [6.07, 6.45) is 3.37. The van der Waals surface area contributed by atoms with E-state index in [0.29, 0.717) is 11.0 Å². The number of nitrogens with one attached hydrogen (secondary N) is 2. The minimum absolute atomic E-state index is 0.243. The normalized spacial score (nSPS) is 17.4. The Morgan fingerprint density at radius 2 is 2.16 bits per heavy atom. The van der Waals surface area contributed by atoms with Crippen molar-refractivity contribution in [2.45, 2.75) is 24.5 Å². The summed E-state index contributed by atoms with van der Waals surface area (Å²) < 4.78 is 0. The molecule has 2 N–H and O–H groups in total. The second kappa shape index (κ2) is 6.61. The molecule has 1 atom stereocenters. The Kier molecular flexibility index (Phi) is 4.85. The van der Waals surface area contributed by atoms with Crippen molar-refractivity contribution >= 4 is 23.7 Å². The maximum absolute atomic E-state index is 11.6. The van der Waals surface area contributed by atoms with Crippen LogP contribution in [0.15, 0.2) is 24.3 Å². The second-order valence-corrected chi connectivity index (χ2v) is 5.71. The minimum atomic E-state index is -0.449. The molecular weight excluding hydrogens is 260 g/mol. The number of hydrogen-bond acceptors (Lipinski definition) is 3. The molecule has 0 aliphatic heterocycles. The number of carbonyl (C=O) groups excluding carboxylic acids is 2. The highest BCUT2D eigenvalue weighted by Gasteiger charge is 2.21. The zero-order valence-electron chi connectivity index (χ0n) is 10.9. The van der Waals surface area contributed by atoms with E-state index < -0.39 is 6.03 Å². The highest BCUT2D eigenvalue weighted by atomic mass is 32.2. The number of fused-ring (bicyclic) bond motifs is 1. The fourth-order valence-electron chi connectivity index (χ4n) is 2.28. The molecule has 0 bridgehead atoms. The van der Waals surface area contributed by atoms with Gasteiger partial charge in [-0.05, 0) is 30.4 Å². The number of amides is 3. The van der Waals surface area contributed by atoms with Crippen molar-refractivity contribution in [3.05, 3.63) is 35.4 Å². The molecular formula is C14H18N2O2S. The molecule has 0 saturated heterocycles. The molecule has 3 amide bonds. The van der Waals surface area contributed by atoms with E-state index in [2.05, 4.69) is 28.8 Å². The van der Waals surface area contributed by atoms with Crippen LogP contribution in [0.5, 0.6) is 0 Å². The molecule has 102 valence electrons. The van der Waals surface area contributed by atoms with Gasteiger partial charge in [-0.15, -0.1) is 11.8 Å². The number of aryl methyl sites for hydroxylation is 1. The number of benzene rings is 1. The van der Waals surface area contributed by atoms with Crippen LogP contribution in [0, 0.1) is 0 Å². The number of rotatable bonds is 3. The molecule has 4 nitrogen and oxygen atoms in total. The van der Waals surface area contributed by atoms with Gasteiger partial charge in [0.1, 0.15) is 0 Å². The van der Waals surface area contributed by atoms with E-state index in [1.807, 2.05) is 6.07 Å². The second-order valence-electron chi connectivity index (χ2n) is 4.52. The molecule has 1 aromatic carbocycles. The fraction of sp³-hybridized carbons (Fsp3) is 0.429. The van der Waals surface area contributed by atoms with Crippen molar-refractivity contribution in [2.75, 3.05) is 12.8 Å². The first-order chi connectivity index (χ1) is 9.20. The maximum Gasteiger partial charge on any atom is 0.321 e. The summed E-state index contributed by atoms with van der Waals surface area (Å²) >= 11 is 1.61. The van der Waals surface area contributed by atoms with Crippen molar-refractivity contribution in [2.24, 2.45) is 0 Å². The number of thioether (sulfide) groups is 1. The SMILES string of the molecule is CNC(=O)NC(=O)CS[C@@H]1CCCc2ccccc21. The van der Waals surface area contributed by atoms with E-state index in [1.165, 1.54) is 18.2 Å². The molecule has 0 fully saturated rings. The number of carbonyl (C=O) groups is 2. The van der Waals surface area contributed by atoms with E-state index >= 15 is 0 Å². The number of hydrogen-bond donors (Lipinski definition) is 2. The molecule has 19 heavy (non-hydrogen) atoms. The Morgan fingerprint density at radius 3 is 2.95 bits per heavy atom. The minimum Gasteiger partial charge on any atom is -0.341 e. The summed E-state index contributed by atoms with van der Waals surface area (Å²) in [4.78, 5) is 22.6. The molecule has 0 saturated carbocycles. The summed E-state index contributed by atoms with van der Waals surface area (Å²) in [6.45, 7) is 0. The van der Waals surface area contributed by atoms with Crippen LogP contribution in [0.4, 0.5) is 4.79 Å². The lowest BCUT2D eigenvalue weighted by molar-refractivity contribution is -0.117. The standard InChI is InChI=1S/C14H18N2O2S/c1-15-14(18)16-13(17)9-19-12-8-4-6-10-5-2-3-7-11(10)12/h2-3,5,7,12H,4,6,8-9H2,1H3,(H2,15,16,17,18)/t12-/m1/s1. The fourth-order valence-corrected chi connectivity index (χ4v) is 3.45. The van der Waals surface area contributed by atoms with Crippen LogP contribution in [-0.2, 0) is 11.2 Å². The van der Waals surface area contributed by atoms with Crippen LogP contribution in [0.1, 0.15) is 29.2 Å². The highest BCUT2D eigenvalue weighted by Crippen LogP contribution is 2.39. The van der Waals surface area contributed by atoms with Gasteiger partial charge in [-0.2, -0.15) is 0 Å². The average molecular weight is 278 g/mol. The van der Waals surface area contributed by atoms with Gasteiger partial charge in [-0.3, -0.25) is 10.1 Å². The Bertz CT molecular complexity index is 476. The lowest BCUT2D eigenvalue weighted by Crippen LogP contribution is -2.38. The molecule has 0 unspecified atom stereocenters. The zero-order valence-corrected chi connectivity index (χ0v) is 11.8. The Hall–Kier alpha value is -1.49. The van der Waals surface area contributed by atoms with Gasteiger partial charge in [0.2, 0.25) is 5.91 Å². The zero-order chi connectivity index (χ0) is 13.7. The molecule has 0 aromatic heterocycles. The molecule has 0 radical (unpaired) electrons. The Labute approximate surface area is 117 Å². The molecule has 1 aliphatic rings. The first-order valence-corrected chi connectivity index (χ1v) is 7.46. The highest BCUT2D eigenvalue weighted by molar-refractivity contribution is 8.00. The third-order valence-electron chi connectivity index (χ3n) is 3.21. The van der Waals surface area contributed by atoms with Gasteiger partial charge in [0, 0.05) is 12.3 Å². The summed E-state index contributed by atoms with van der Waals surface area (Å²) in [6, 6.07) is 7.96. The van der Waals surface area contributed by atoms with Crippen molar-refractivity contribution in [1.82, 2.24) is 10.6 Å². The average Bonchev–Trinajstić information content (AvgIpc) is 2.44. The van der Waals surface area contributed by atoms with Crippen molar-refractivity contribution < 1.29 is 9.59 Å². The van der Waals surface area contributed by atoms with Gasteiger partial charge in [0.05, 0.1) is 5.75 Å². The third kappa shape index (κ3) is 3.73. The van der Waals surface area contributed by atoms with E-state index in [4.69, 9.17) is 0 Å². The molecule has 0 heterocycles. The number of imide groups is 1. The quantitative estimate of drug-likeness (QED) is 0.891. The maximum atomic E-state index is 11.6. The topological polar surface area (TPSA) is 58.2 Å². The van der Waals surface area contributed by atoms with Gasteiger partial charge in [0.15, 0.2) is 0 Å². The first kappa shape index (κ1) is 13.9. The van der Waals surface area contributed by atoms with Crippen molar-refractivity contribution in [3.63, 3.8) is 0 Å². The summed E-state index contributed by atoms with van der Waals surface area (Å²) in [7, 11) is 1.49. The first-order valence-electron chi connectivity index (χ1n) is 6.41. The molecule has 1 aromatic rings. The lowest BCUT2D eigenvalue weighted by Gasteiger charge is -2.24. The van der Waals surface area contributed by atoms with Gasteiger partial charge in [-0.25, -0.2) is 4.79 Å². The molecule has 0 spiro atoms. The number of urea groups is 1. The lowest BCUT2D eigenvalue weighted by atomic mass is 9.91. The van der Waals surface area contributed by atoms with Gasteiger partial charge >= 0.3 is 6.03 Å². The monoisotopic (exact) mass is 278 g/mol. The third-order valence-corrected chi connectivity index (χ3v) is 4.53. The van der Waals surface area contributed by atoms with Gasteiger partial charge in [-0.1, -0.05) is 24.3 Å². The smallest absolute Gasteiger partial charge is 0.321 e. The van der Waals surface area contributed by atoms with Crippen LogP contribution >= 0.6 is 11.8 Å². The largest absolute Gasteiger partial charge is 0.341 e. The van der Waals surface area contributed by atoms with Crippen LogP contribution in [0.3, 0.4) is 0 Å². The van der Waals surface area contributed by atoms with Crippen LogP contribution in [0.2, 0.25) is 0 Å². The van der Waals surface area contributed by atoms with Crippen LogP contribution in [-0.4, -0.2) is 24.7 Å². The summed E-state index contributed by atoms with van der Waals surface area (Å²) in [5.74, 6) is 0.0688. The Morgan fingerprint density at radius 1 is 1.37 bits per heavy atom. The summed E-state index contributed by atoms with van der Waals surface area (Å²) in [5, 5.41) is 5.01.